The first-order chi connectivity index (χ1) is 12.9. The third kappa shape index (κ3) is 6.58. The molecule has 0 saturated heterocycles. The molecule has 8 heteroatoms. The van der Waals surface area contributed by atoms with Crippen LogP contribution in [0.3, 0.4) is 0 Å². The van der Waals surface area contributed by atoms with Gasteiger partial charge in [0.05, 0.1) is 12.0 Å². The number of rotatable bonds is 11. The number of nitrogens with one attached hydrogen (secondary N) is 1. The number of sulfonamides is 1. The second kappa shape index (κ2) is 9.94. The lowest BCUT2D eigenvalue weighted by molar-refractivity contribution is -0.137. The van der Waals surface area contributed by atoms with Gasteiger partial charge in [0.1, 0.15) is 5.75 Å². The maximum absolute atomic E-state index is 12.3. The predicted octanol–water partition coefficient (Wildman–Crippen LogP) is 3.41. The Labute approximate surface area is 159 Å². The van der Waals surface area contributed by atoms with Crippen molar-refractivity contribution in [2.24, 2.45) is 0 Å². The summed E-state index contributed by atoms with van der Waals surface area (Å²) in [4.78, 5) is 10.6. The molecule has 2 N–H and O–H groups in total. The minimum atomic E-state index is -3.61. The molecule has 0 aliphatic rings. The van der Waals surface area contributed by atoms with Gasteiger partial charge in [-0.05, 0) is 49.2 Å². The lowest BCUT2D eigenvalue weighted by Crippen LogP contribution is -2.24. The molecule has 2 rings (SSSR count). The second-order valence-electron chi connectivity index (χ2n) is 5.83. The molecule has 0 aliphatic heterocycles. The van der Waals surface area contributed by atoms with Gasteiger partial charge in [0.2, 0.25) is 10.0 Å². The molecule has 0 radical (unpaired) electrons. The first kappa shape index (κ1) is 20.7. The Balaban J connectivity index is 1.90. The fraction of sp³-hybridized carbons (Fsp3) is 0.316. The van der Waals surface area contributed by atoms with Crippen molar-refractivity contribution in [3.05, 3.63) is 48.5 Å². The first-order valence-electron chi connectivity index (χ1n) is 8.55. The summed E-state index contributed by atoms with van der Waals surface area (Å²) in [6.45, 7) is 0.265. The van der Waals surface area contributed by atoms with E-state index < -0.39 is 16.0 Å². The zero-order valence-electron chi connectivity index (χ0n) is 15.1. The Kier molecular flexibility index (Phi) is 7.63. The highest BCUT2D eigenvalue weighted by molar-refractivity contribution is 7.89. The van der Waals surface area contributed by atoms with Crippen LogP contribution in [-0.4, -0.2) is 33.1 Å². The Morgan fingerprint density at radius 3 is 2.30 bits per heavy atom. The summed E-state index contributed by atoms with van der Waals surface area (Å²) in [5.74, 6) is 0.770. The van der Waals surface area contributed by atoms with Crippen molar-refractivity contribution in [3.8, 4) is 17.2 Å². The summed E-state index contributed by atoms with van der Waals surface area (Å²) in [7, 11) is -2.07. The van der Waals surface area contributed by atoms with Crippen molar-refractivity contribution in [3.63, 3.8) is 0 Å². The number of carboxylic acid groups (broad SMARTS) is 1. The number of methoxy groups -OCH3 is 1. The SMILES string of the molecule is COc1ccccc1Oc1ccc(S(=O)(=O)NCCCCCC(=O)O)cc1. The average molecular weight is 393 g/mol. The third-order valence-electron chi connectivity index (χ3n) is 3.79. The minimum absolute atomic E-state index is 0.0976. The summed E-state index contributed by atoms with van der Waals surface area (Å²) in [6.07, 6.45) is 1.87. The normalized spacial score (nSPS) is 11.1. The van der Waals surface area contributed by atoms with E-state index in [9.17, 15) is 13.2 Å². The van der Waals surface area contributed by atoms with Crippen molar-refractivity contribution in [2.45, 2.75) is 30.6 Å². The predicted molar refractivity (Wildman–Crippen MR) is 101 cm³/mol. The number of para-hydroxylation sites is 2. The maximum atomic E-state index is 12.3. The number of carbonyl (C=O) groups is 1. The van der Waals surface area contributed by atoms with Crippen LogP contribution in [0.1, 0.15) is 25.7 Å². The molecule has 0 heterocycles. The lowest BCUT2D eigenvalue weighted by Gasteiger charge is -2.11. The second-order valence-corrected chi connectivity index (χ2v) is 7.59. The average Bonchev–Trinajstić information content (AvgIpc) is 2.65. The zero-order valence-corrected chi connectivity index (χ0v) is 15.9. The first-order valence-corrected chi connectivity index (χ1v) is 10.0. The van der Waals surface area contributed by atoms with Crippen LogP contribution >= 0.6 is 0 Å². The van der Waals surface area contributed by atoms with E-state index >= 15 is 0 Å². The van der Waals surface area contributed by atoms with Gasteiger partial charge >= 0.3 is 5.97 Å². The van der Waals surface area contributed by atoms with Crippen LogP contribution in [-0.2, 0) is 14.8 Å². The summed E-state index contributed by atoms with van der Waals surface area (Å²) >= 11 is 0. The molecular formula is C19H23NO6S. The standard InChI is InChI=1S/C19H23NO6S/c1-25-17-7-4-5-8-18(17)26-15-10-12-16(13-11-15)27(23,24)20-14-6-2-3-9-19(21)22/h4-5,7-8,10-13,20H,2-3,6,9,14H2,1H3,(H,21,22). The molecule has 0 amide bonds. The van der Waals surface area contributed by atoms with Gasteiger partial charge in [0.25, 0.3) is 0 Å². The van der Waals surface area contributed by atoms with Crippen molar-refractivity contribution in [2.75, 3.05) is 13.7 Å². The van der Waals surface area contributed by atoms with Gasteiger partial charge in [-0.3, -0.25) is 4.79 Å². The Morgan fingerprint density at radius 1 is 1.00 bits per heavy atom. The van der Waals surface area contributed by atoms with E-state index in [0.29, 0.717) is 36.5 Å². The zero-order chi connectivity index (χ0) is 19.7. The summed E-state index contributed by atoms with van der Waals surface area (Å²) in [5.41, 5.74) is 0. The summed E-state index contributed by atoms with van der Waals surface area (Å²) in [6, 6.07) is 13.3. The van der Waals surface area contributed by atoms with Gasteiger partial charge in [-0.2, -0.15) is 0 Å². The molecule has 0 bridgehead atoms. The van der Waals surface area contributed by atoms with E-state index in [1.807, 2.05) is 12.1 Å². The van der Waals surface area contributed by atoms with Crippen LogP contribution in [0.15, 0.2) is 53.4 Å². The molecule has 0 aliphatic carbocycles. The van der Waals surface area contributed by atoms with E-state index in [1.165, 1.54) is 12.1 Å². The topological polar surface area (TPSA) is 102 Å². The van der Waals surface area contributed by atoms with E-state index in [4.69, 9.17) is 14.6 Å². The third-order valence-corrected chi connectivity index (χ3v) is 5.27. The molecule has 27 heavy (non-hydrogen) atoms. The number of aliphatic carboxylic acids is 1. The Morgan fingerprint density at radius 2 is 1.67 bits per heavy atom. The molecular weight excluding hydrogens is 370 g/mol. The van der Waals surface area contributed by atoms with Crippen molar-refractivity contribution in [1.29, 1.82) is 0 Å². The molecule has 0 unspecified atom stereocenters. The summed E-state index contributed by atoms with van der Waals surface area (Å²) < 4.78 is 38.0. The quantitative estimate of drug-likeness (QED) is 0.567. The Hall–Kier alpha value is -2.58. The van der Waals surface area contributed by atoms with E-state index in [0.717, 1.165) is 0 Å². The number of unbranched alkanes of at least 4 members (excludes halogenated alkanes) is 2. The van der Waals surface area contributed by atoms with Crippen molar-refractivity contribution in [1.82, 2.24) is 4.72 Å². The van der Waals surface area contributed by atoms with Crippen LogP contribution < -0.4 is 14.2 Å². The molecule has 7 nitrogen and oxygen atoms in total. The molecule has 0 saturated carbocycles. The fourth-order valence-electron chi connectivity index (χ4n) is 2.38. The van der Waals surface area contributed by atoms with Crippen LogP contribution in [0.4, 0.5) is 0 Å². The van der Waals surface area contributed by atoms with E-state index in [-0.39, 0.29) is 17.9 Å². The smallest absolute Gasteiger partial charge is 0.303 e. The molecule has 0 fully saturated rings. The fourth-order valence-corrected chi connectivity index (χ4v) is 3.46. The highest BCUT2D eigenvalue weighted by atomic mass is 32.2. The van der Waals surface area contributed by atoms with Gasteiger partial charge < -0.3 is 14.6 Å². The highest BCUT2D eigenvalue weighted by Gasteiger charge is 2.13. The molecule has 0 spiro atoms. The van der Waals surface area contributed by atoms with E-state index in [2.05, 4.69) is 4.72 Å². The van der Waals surface area contributed by atoms with Crippen LogP contribution in [0, 0.1) is 0 Å². The largest absolute Gasteiger partial charge is 0.493 e. The van der Waals surface area contributed by atoms with Gasteiger partial charge in [0.15, 0.2) is 11.5 Å². The number of hydrogen-bond acceptors (Lipinski definition) is 5. The van der Waals surface area contributed by atoms with Gasteiger partial charge in [-0.15, -0.1) is 0 Å². The minimum Gasteiger partial charge on any atom is -0.493 e. The van der Waals surface area contributed by atoms with Crippen LogP contribution in [0.5, 0.6) is 17.2 Å². The number of hydrogen-bond donors (Lipinski definition) is 2. The Bertz CT molecular complexity index is 849. The van der Waals surface area contributed by atoms with Crippen LogP contribution in [0.25, 0.3) is 0 Å². The molecule has 146 valence electrons. The number of carboxylic acids is 1. The molecule has 2 aromatic rings. The number of ether oxygens (including phenoxy) is 2. The lowest BCUT2D eigenvalue weighted by atomic mass is 10.2. The van der Waals surface area contributed by atoms with E-state index in [1.54, 1.807) is 31.4 Å². The highest BCUT2D eigenvalue weighted by Crippen LogP contribution is 2.31. The molecule has 0 atom stereocenters. The number of benzene rings is 2. The summed E-state index contributed by atoms with van der Waals surface area (Å²) in [5, 5.41) is 8.56. The van der Waals surface area contributed by atoms with Crippen LogP contribution in [0.2, 0.25) is 0 Å². The van der Waals surface area contributed by atoms with Crippen molar-refractivity contribution < 1.29 is 27.8 Å². The maximum Gasteiger partial charge on any atom is 0.303 e. The molecule has 2 aromatic carbocycles. The van der Waals surface area contributed by atoms with Crippen molar-refractivity contribution >= 4 is 16.0 Å². The van der Waals surface area contributed by atoms with Gasteiger partial charge in [-0.25, -0.2) is 13.1 Å². The monoisotopic (exact) mass is 393 g/mol. The van der Waals surface area contributed by atoms with Gasteiger partial charge in [0, 0.05) is 13.0 Å². The van der Waals surface area contributed by atoms with Gasteiger partial charge in [-0.1, -0.05) is 18.6 Å². The molecule has 0 aromatic heterocycles.